The number of hydrogen-bond acceptors (Lipinski definition) is 5. The number of carbonyl (C=O) groups is 1. The number of sulfonamides is 1. The van der Waals surface area contributed by atoms with Gasteiger partial charge in [-0.2, -0.15) is 4.31 Å². The Hall–Kier alpha value is -1.94. The lowest BCUT2D eigenvalue weighted by molar-refractivity contribution is 0.0945. The minimum atomic E-state index is -3.51. The van der Waals surface area contributed by atoms with Crippen molar-refractivity contribution in [2.24, 2.45) is 0 Å². The van der Waals surface area contributed by atoms with E-state index in [-0.39, 0.29) is 10.8 Å². The van der Waals surface area contributed by atoms with Gasteiger partial charge in [-0.25, -0.2) is 8.42 Å². The molecule has 2 aromatic rings. The predicted molar refractivity (Wildman–Crippen MR) is 115 cm³/mol. The van der Waals surface area contributed by atoms with Gasteiger partial charge in [-0.05, 0) is 48.5 Å². The Morgan fingerprint density at radius 1 is 1.03 bits per heavy atom. The SMILES string of the molecule is COc1ccc(S(=O)(=O)N2CCN(CCNC(=O)c3ccc(Br)cc3)CC2)cc1. The average molecular weight is 482 g/mol. The molecule has 0 atom stereocenters. The van der Waals surface area contributed by atoms with E-state index in [9.17, 15) is 13.2 Å². The molecule has 0 aliphatic carbocycles. The fourth-order valence-electron chi connectivity index (χ4n) is 3.12. The quantitative estimate of drug-likeness (QED) is 0.655. The molecule has 0 spiro atoms. The molecule has 0 saturated carbocycles. The summed E-state index contributed by atoms with van der Waals surface area (Å²) in [7, 11) is -1.96. The summed E-state index contributed by atoms with van der Waals surface area (Å²) < 4.78 is 33.1. The first-order valence-corrected chi connectivity index (χ1v) is 11.5. The lowest BCUT2D eigenvalue weighted by atomic mass is 10.2. The lowest BCUT2D eigenvalue weighted by Gasteiger charge is -2.34. The molecule has 7 nitrogen and oxygen atoms in total. The number of nitrogens with one attached hydrogen (secondary N) is 1. The first-order chi connectivity index (χ1) is 13.9. The van der Waals surface area contributed by atoms with Gasteiger partial charge in [0.05, 0.1) is 12.0 Å². The molecule has 1 aliphatic heterocycles. The third-order valence-electron chi connectivity index (χ3n) is 4.85. The minimum Gasteiger partial charge on any atom is -0.497 e. The highest BCUT2D eigenvalue weighted by Crippen LogP contribution is 2.20. The van der Waals surface area contributed by atoms with Crippen molar-refractivity contribution in [3.05, 3.63) is 58.6 Å². The molecule has 2 aromatic carbocycles. The summed E-state index contributed by atoms with van der Waals surface area (Å²) in [6.07, 6.45) is 0. The Kier molecular flexibility index (Phi) is 7.28. The summed E-state index contributed by atoms with van der Waals surface area (Å²) in [4.78, 5) is 14.6. The van der Waals surface area contributed by atoms with Crippen molar-refractivity contribution < 1.29 is 17.9 Å². The van der Waals surface area contributed by atoms with E-state index in [1.165, 1.54) is 4.31 Å². The predicted octanol–water partition coefficient (Wildman–Crippen LogP) is 2.19. The van der Waals surface area contributed by atoms with Crippen molar-refractivity contribution in [2.75, 3.05) is 46.4 Å². The van der Waals surface area contributed by atoms with Crippen LogP contribution in [-0.4, -0.2) is 69.9 Å². The second-order valence-electron chi connectivity index (χ2n) is 6.68. The summed E-state index contributed by atoms with van der Waals surface area (Å²) in [5.74, 6) is 0.511. The second kappa shape index (κ2) is 9.71. The van der Waals surface area contributed by atoms with E-state index in [4.69, 9.17) is 4.74 Å². The minimum absolute atomic E-state index is 0.113. The molecule has 0 radical (unpaired) electrons. The monoisotopic (exact) mass is 481 g/mol. The number of halogens is 1. The molecular weight excluding hydrogens is 458 g/mol. The Balaban J connectivity index is 1.46. The van der Waals surface area contributed by atoms with Crippen LogP contribution in [0.4, 0.5) is 0 Å². The van der Waals surface area contributed by atoms with Gasteiger partial charge in [-0.1, -0.05) is 15.9 Å². The maximum atomic E-state index is 12.8. The van der Waals surface area contributed by atoms with E-state index in [2.05, 4.69) is 26.1 Å². The van der Waals surface area contributed by atoms with Gasteiger partial charge in [0.2, 0.25) is 10.0 Å². The molecule has 1 heterocycles. The van der Waals surface area contributed by atoms with Crippen molar-refractivity contribution in [1.82, 2.24) is 14.5 Å². The zero-order chi connectivity index (χ0) is 20.9. The molecule has 0 bridgehead atoms. The molecule has 1 aliphatic rings. The first-order valence-electron chi connectivity index (χ1n) is 9.30. The van der Waals surface area contributed by atoms with Gasteiger partial charge < -0.3 is 10.1 Å². The number of rotatable bonds is 7. The standard InChI is InChI=1S/C20H24BrN3O4S/c1-28-18-6-8-19(9-7-18)29(26,27)24-14-12-23(13-15-24)11-10-22-20(25)16-2-4-17(21)5-3-16/h2-9H,10-15H2,1H3,(H,22,25). The van der Waals surface area contributed by atoms with Crippen LogP contribution in [0.5, 0.6) is 5.75 Å². The number of carbonyl (C=O) groups excluding carboxylic acids is 1. The molecule has 29 heavy (non-hydrogen) atoms. The van der Waals surface area contributed by atoms with Gasteiger partial charge in [0.15, 0.2) is 0 Å². The molecular formula is C20H24BrN3O4S. The molecule has 1 N–H and O–H groups in total. The number of amides is 1. The summed E-state index contributed by atoms with van der Waals surface area (Å²) in [6.45, 7) is 3.30. The summed E-state index contributed by atoms with van der Waals surface area (Å²) in [5.41, 5.74) is 0.614. The Labute approximate surface area is 179 Å². The van der Waals surface area contributed by atoms with E-state index in [1.54, 1.807) is 43.5 Å². The van der Waals surface area contributed by atoms with E-state index in [1.807, 2.05) is 12.1 Å². The fourth-order valence-corrected chi connectivity index (χ4v) is 4.81. The van der Waals surface area contributed by atoms with Crippen LogP contribution in [0.1, 0.15) is 10.4 Å². The van der Waals surface area contributed by atoms with Gasteiger partial charge in [-0.3, -0.25) is 9.69 Å². The summed E-state index contributed by atoms with van der Waals surface area (Å²) in [5, 5.41) is 2.90. The van der Waals surface area contributed by atoms with Crippen LogP contribution in [0.15, 0.2) is 57.9 Å². The molecule has 156 valence electrons. The molecule has 3 rings (SSSR count). The van der Waals surface area contributed by atoms with Gasteiger partial charge in [0.25, 0.3) is 5.91 Å². The van der Waals surface area contributed by atoms with E-state index >= 15 is 0 Å². The third-order valence-corrected chi connectivity index (χ3v) is 7.29. The smallest absolute Gasteiger partial charge is 0.251 e. The number of methoxy groups -OCH3 is 1. The van der Waals surface area contributed by atoms with Crippen LogP contribution in [0.3, 0.4) is 0 Å². The highest BCUT2D eigenvalue weighted by molar-refractivity contribution is 9.10. The van der Waals surface area contributed by atoms with Crippen LogP contribution in [0.25, 0.3) is 0 Å². The van der Waals surface area contributed by atoms with Gasteiger partial charge in [0.1, 0.15) is 5.75 Å². The average Bonchev–Trinajstić information content (AvgIpc) is 2.74. The van der Waals surface area contributed by atoms with Crippen LogP contribution >= 0.6 is 15.9 Å². The Morgan fingerprint density at radius 3 is 2.24 bits per heavy atom. The van der Waals surface area contributed by atoms with Crippen molar-refractivity contribution in [3.63, 3.8) is 0 Å². The number of piperazine rings is 1. The van der Waals surface area contributed by atoms with Crippen LogP contribution < -0.4 is 10.1 Å². The fraction of sp³-hybridized carbons (Fsp3) is 0.350. The van der Waals surface area contributed by atoms with Crippen molar-refractivity contribution in [1.29, 1.82) is 0 Å². The molecule has 0 unspecified atom stereocenters. The number of hydrogen-bond donors (Lipinski definition) is 1. The van der Waals surface area contributed by atoms with Crippen molar-refractivity contribution in [3.8, 4) is 5.75 Å². The van der Waals surface area contributed by atoms with E-state index < -0.39 is 10.0 Å². The van der Waals surface area contributed by atoms with Crippen LogP contribution in [0.2, 0.25) is 0 Å². The number of benzene rings is 2. The highest BCUT2D eigenvalue weighted by Gasteiger charge is 2.28. The van der Waals surface area contributed by atoms with Gasteiger partial charge in [0, 0.05) is 49.3 Å². The largest absolute Gasteiger partial charge is 0.497 e. The van der Waals surface area contributed by atoms with Crippen LogP contribution in [0, 0.1) is 0 Å². The molecule has 0 aromatic heterocycles. The van der Waals surface area contributed by atoms with Crippen molar-refractivity contribution in [2.45, 2.75) is 4.90 Å². The summed E-state index contributed by atoms with van der Waals surface area (Å²) in [6, 6.07) is 13.6. The maximum absolute atomic E-state index is 12.8. The topological polar surface area (TPSA) is 79.0 Å². The van der Waals surface area contributed by atoms with E-state index in [0.29, 0.717) is 50.6 Å². The molecule has 9 heteroatoms. The highest BCUT2D eigenvalue weighted by atomic mass is 79.9. The first kappa shape index (κ1) is 21.8. The lowest BCUT2D eigenvalue weighted by Crippen LogP contribution is -2.50. The van der Waals surface area contributed by atoms with Gasteiger partial charge in [-0.15, -0.1) is 0 Å². The zero-order valence-electron chi connectivity index (χ0n) is 16.2. The van der Waals surface area contributed by atoms with Gasteiger partial charge >= 0.3 is 0 Å². The molecule has 1 fully saturated rings. The van der Waals surface area contributed by atoms with E-state index in [0.717, 1.165) is 4.47 Å². The molecule has 1 saturated heterocycles. The second-order valence-corrected chi connectivity index (χ2v) is 9.54. The zero-order valence-corrected chi connectivity index (χ0v) is 18.6. The molecule has 1 amide bonds. The Bertz CT molecular complexity index is 925. The third kappa shape index (κ3) is 5.57. The maximum Gasteiger partial charge on any atom is 0.251 e. The number of nitrogens with zero attached hydrogens (tertiary/aromatic N) is 2. The van der Waals surface area contributed by atoms with Crippen LogP contribution in [-0.2, 0) is 10.0 Å². The Morgan fingerprint density at radius 2 is 1.66 bits per heavy atom. The normalized spacial score (nSPS) is 15.8. The summed E-state index contributed by atoms with van der Waals surface area (Å²) >= 11 is 3.35. The number of ether oxygens (including phenoxy) is 1. The van der Waals surface area contributed by atoms with Crippen molar-refractivity contribution >= 4 is 31.9 Å².